The zero-order chi connectivity index (χ0) is 24.3. The first kappa shape index (κ1) is 24.3. The largest absolute Gasteiger partial charge is 0.278 e. The maximum absolute atomic E-state index is 13.9. The molecule has 4 aromatic rings. The van der Waals surface area contributed by atoms with Crippen LogP contribution in [0, 0.1) is 5.82 Å². The van der Waals surface area contributed by atoms with E-state index < -0.39 is 9.73 Å². The zero-order valence-corrected chi connectivity index (χ0v) is 21.2. The Kier molecular flexibility index (Phi) is 7.31. The summed E-state index contributed by atoms with van der Waals surface area (Å²) in [7, 11) is -2.44. The third kappa shape index (κ3) is 4.99. The van der Waals surface area contributed by atoms with Gasteiger partial charge in [-0.15, -0.1) is 0 Å². The van der Waals surface area contributed by atoms with Crippen molar-refractivity contribution in [1.82, 2.24) is 15.2 Å². The summed E-state index contributed by atoms with van der Waals surface area (Å²) in [4.78, 5) is 5.02. The summed E-state index contributed by atoms with van der Waals surface area (Å²) in [6, 6.07) is 10.6. The van der Waals surface area contributed by atoms with Crippen molar-refractivity contribution in [3.05, 3.63) is 54.1 Å². The Bertz CT molecular complexity index is 1400. The third-order valence-electron chi connectivity index (χ3n) is 6.14. The molecule has 0 radical (unpaired) electrons. The summed E-state index contributed by atoms with van der Waals surface area (Å²) in [6.07, 6.45) is 5.49. The molecule has 0 aliphatic heterocycles. The van der Waals surface area contributed by atoms with E-state index in [0.717, 1.165) is 64.2 Å². The number of hydrogen-bond acceptors (Lipinski definition) is 4. The first-order chi connectivity index (χ1) is 16.3. The van der Waals surface area contributed by atoms with Crippen LogP contribution in [0.2, 0.25) is 0 Å². The quantitative estimate of drug-likeness (QED) is 0.266. The molecule has 7 heteroatoms. The molecule has 0 amide bonds. The van der Waals surface area contributed by atoms with Gasteiger partial charge in [0, 0.05) is 27.8 Å². The molecule has 0 atom stereocenters. The average Bonchev–Trinajstić information content (AvgIpc) is 3.28. The number of pyridine rings is 1. The summed E-state index contributed by atoms with van der Waals surface area (Å²) >= 11 is 0. The lowest BCUT2D eigenvalue weighted by Gasteiger charge is -2.18. The minimum Gasteiger partial charge on any atom is -0.278 e. The SMILES string of the molecule is CCCCS(=O)(CCCC)=Nc1nc(C(C)C)c(-c2ccc(F)cc2)c2cc3cn[nH]c3cc12. The van der Waals surface area contributed by atoms with Crippen molar-refractivity contribution >= 4 is 37.2 Å². The number of benzene rings is 2. The summed E-state index contributed by atoms with van der Waals surface area (Å²) in [5, 5.41) is 10.0. The molecule has 0 aliphatic rings. The number of rotatable bonds is 9. The summed E-state index contributed by atoms with van der Waals surface area (Å²) in [6.45, 7) is 8.40. The molecule has 5 nitrogen and oxygen atoms in total. The van der Waals surface area contributed by atoms with Gasteiger partial charge in [0.05, 0.1) is 27.1 Å². The van der Waals surface area contributed by atoms with Gasteiger partial charge in [-0.3, -0.25) is 5.10 Å². The van der Waals surface area contributed by atoms with Gasteiger partial charge in [0.15, 0.2) is 5.82 Å². The Morgan fingerprint density at radius 2 is 1.71 bits per heavy atom. The van der Waals surface area contributed by atoms with E-state index in [0.29, 0.717) is 17.3 Å². The van der Waals surface area contributed by atoms with Gasteiger partial charge in [-0.05, 0) is 54.0 Å². The van der Waals surface area contributed by atoms with Crippen LogP contribution in [0.15, 0.2) is 47.0 Å². The first-order valence-corrected chi connectivity index (χ1v) is 14.0. The Hall–Kier alpha value is -2.80. The molecule has 0 spiro atoms. The van der Waals surface area contributed by atoms with Crippen LogP contribution in [-0.4, -0.2) is 30.9 Å². The molecular weight excluding hydrogens is 447 g/mol. The van der Waals surface area contributed by atoms with Crippen LogP contribution in [0.3, 0.4) is 0 Å². The fourth-order valence-electron chi connectivity index (χ4n) is 4.25. The van der Waals surface area contributed by atoms with E-state index in [1.807, 2.05) is 6.07 Å². The predicted molar refractivity (Wildman–Crippen MR) is 141 cm³/mol. The van der Waals surface area contributed by atoms with Gasteiger partial charge < -0.3 is 0 Å². The Labute approximate surface area is 201 Å². The van der Waals surface area contributed by atoms with Gasteiger partial charge in [-0.1, -0.05) is 52.7 Å². The van der Waals surface area contributed by atoms with Crippen molar-refractivity contribution in [1.29, 1.82) is 0 Å². The van der Waals surface area contributed by atoms with Crippen molar-refractivity contribution in [2.75, 3.05) is 11.5 Å². The van der Waals surface area contributed by atoms with Crippen LogP contribution in [0.25, 0.3) is 32.8 Å². The van der Waals surface area contributed by atoms with E-state index in [-0.39, 0.29) is 11.7 Å². The monoisotopic (exact) mass is 480 g/mol. The molecule has 0 bridgehead atoms. The van der Waals surface area contributed by atoms with Gasteiger partial charge in [0.25, 0.3) is 0 Å². The molecule has 180 valence electrons. The first-order valence-electron chi connectivity index (χ1n) is 12.1. The second-order valence-corrected chi connectivity index (χ2v) is 11.7. The Morgan fingerprint density at radius 1 is 1.03 bits per heavy atom. The minimum absolute atomic E-state index is 0.0979. The lowest BCUT2D eigenvalue weighted by atomic mass is 9.92. The van der Waals surface area contributed by atoms with Crippen molar-refractivity contribution in [2.24, 2.45) is 4.36 Å². The maximum atomic E-state index is 13.9. The molecular formula is C27H33FN4OS. The molecule has 2 aromatic carbocycles. The maximum Gasteiger partial charge on any atom is 0.169 e. The molecule has 34 heavy (non-hydrogen) atoms. The highest BCUT2D eigenvalue weighted by atomic mass is 32.2. The normalized spacial score (nSPS) is 12.2. The highest BCUT2D eigenvalue weighted by Crippen LogP contribution is 2.40. The molecule has 1 N–H and O–H groups in total. The lowest BCUT2D eigenvalue weighted by molar-refractivity contribution is 0.628. The van der Waals surface area contributed by atoms with Gasteiger partial charge in [-0.2, -0.15) is 9.46 Å². The van der Waals surface area contributed by atoms with E-state index in [2.05, 4.69) is 44.0 Å². The molecule has 0 saturated carbocycles. The third-order valence-corrected chi connectivity index (χ3v) is 8.50. The highest BCUT2D eigenvalue weighted by Gasteiger charge is 2.20. The smallest absolute Gasteiger partial charge is 0.169 e. The molecule has 4 rings (SSSR count). The summed E-state index contributed by atoms with van der Waals surface area (Å²) < 4.78 is 32.6. The van der Waals surface area contributed by atoms with E-state index >= 15 is 0 Å². The topological polar surface area (TPSA) is 71.0 Å². The number of aromatic nitrogens is 3. The number of hydrogen-bond donors (Lipinski definition) is 1. The van der Waals surface area contributed by atoms with Crippen molar-refractivity contribution < 1.29 is 8.60 Å². The van der Waals surface area contributed by atoms with Gasteiger partial charge >= 0.3 is 0 Å². The highest BCUT2D eigenvalue weighted by molar-refractivity contribution is 7.93. The number of halogens is 1. The molecule has 2 heterocycles. The van der Waals surface area contributed by atoms with Crippen molar-refractivity contribution in [2.45, 2.75) is 59.3 Å². The molecule has 0 aliphatic carbocycles. The van der Waals surface area contributed by atoms with Crippen LogP contribution in [0.4, 0.5) is 10.2 Å². The van der Waals surface area contributed by atoms with Gasteiger partial charge in [0.2, 0.25) is 0 Å². The second kappa shape index (κ2) is 10.2. The standard InChI is InChI=1S/C27H33FN4OS/c1-5-7-13-34(33,14-8-6-2)32-27-23-16-24-20(17-29-31-24)15-22(23)25(26(30-27)18(3)4)19-9-11-21(28)12-10-19/h9-12,15-18H,5-8,13-14H2,1-4H3,(H,29,31). The summed E-state index contributed by atoms with van der Waals surface area (Å²) in [5.41, 5.74) is 3.60. The second-order valence-electron chi connectivity index (χ2n) is 9.19. The number of nitrogens with zero attached hydrogens (tertiary/aromatic N) is 3. The lowest BCUT2D eigenvalue weighted by Crippen LogP contribution is -2.11. The number of nitrogens with one attached hydrogen (secondary N) is 1. The average molecular weight is 481 g/mol. The Balaban J connectivity index is 2.07. The number of unbranched alkanes of at least 4 members (excludes halogenated alkanes) is 2. The minimum atomic E-state index is -2.44. The molecule has 0 saturated heterocycles. The van der Waals surface area contributed by atoms with Crippen LogP contribution in [0.1, 0.15) is 65.0 Å². The molecule has 0 unspecified atom stereocenters. The molecule has 0 fully saturated rings. The molecule has 2 aromatic heterocycles. The predicted octanol–water partition coefficient (Wildman–Crippen LogP) is 7.74. The zero-order valence-electron chi connectivity index (χ0n) is 20.4. The van der Waals surface area contributed by atoms with Crippen molar-refractivity contribution in [3.63, 3.8) is 0 Å². The van der Waals surface area contributed by atoms with Gasteiger partial charge in [0.1, 0.15) is 5.82 Å². The van der Waals surface area contributed by atoms with Crippen LogP contribution in [-0.2, 0) is 9.73 Å². The van der Waals surface area contributed by atoms with Crippen LogP contribution < -0.4 is 0 Å². The number of H-pyrrole nitrogens is 1. The van der Waals surface area contributed by atoms with E-state index in [1.165, 1.54) is 12.1 Å². The van der Waals surface area contributed by atoms with Crippen LogP contribution in [0.5, 0.6) is 0 Å². The van der Waals surface area contributed by atoms with E-state index in [4.69, 9.17) is 9.35 Å². The number of fused-ring (bicyclic) bond motifs is 2. The van der Waals surface area contributed by atoms with Gasteiger partial charge in [-0.25, -0.2) is 13.6 Å². The van der Waals surface area contributed by atoms with E-state index in [1.54, 1.807) is 18.3 Å². The fraction of sp³-hybridized carbons (Fsp3) is 0.407. The van der Waals surface area contributed by atoms with Crippen molar-refractivity contribution in [3.8, 4) is 11.1 Å². The number of aromatic amines is 1. The van der Waals surface area contributed by atoms with Crippen LogP contribution >= 0.6 is 0 Å². The van der Waals surface area contributed by atoms with E-state index in [9.17, 15) is 8.60 Å². The fourth-order valence-corrected chi connectivity index (χ4v) is 6.57. The summed E-state index contributed by atoms with van der Waals surface area (Å²) in [5.74, 6) is 1.51. The Morgan fingerprint density at radius 3 is 2.32 bits per heavy atom.